The first kappa shape index (κ1) is 15.8. The van der Waals surface area contributed by atoms with E-state index in [1.807, 2.05) is 0 Å². The Bertz CT molecular complexity index is 745. The molecule has 0 spiro atoms. The van der Waals surface area contributed by atoms with Crippen molar-refractivity contribution in [1.82, 2.24) is 4.98 Å². The Balaban J connectivity index is 2.37. The summed E-state index contributed by atoms with van der Waals surface area (Å²) in [6.45, 7) is 0. The Labute approximate surface area is 130 Å². The third-order valence-electron chi connectivity index (χ3n) is 2.44. The van der Waals surface area contributed by atoms with Crippen molar-refractivity contribution in [1.29, 1.82) is 0 Å². The molecule has 112 valence electrons. The maximum atomic E-state index is 13.1. The molecular formula is C11H9Cl2FN4O2S. The SMILES string of the molecule is NNc1ccc(S(=O)(=O)Nc2c(Cl)cc(F)cc2Cl)cn1. The maximum Gasteiger partial charge on any atom is 0.263 e. The first-order chi connectivity index (χ1) is 9.83. The van der Waals surface area contributed by atoms with Gasteiger partial charge in [0, 0.05) is 6.20 Å². The Morgan fingerprint density at radius 3 is 2.29 bits per heavy atom. The average molecular weight is 351 g/mol. The summed E-state index contributed by atoms with van der Waals surface area (Å²) in [6.07, 6.45) is 1.10. The van der Waals surface area contributed by atoms with Crippen molar-refractivity contribution in [2.45, 2.75) is 4.90 Å². The number of halogens is 3. The molecule has 0 fully saturated rings. The number of hydrogen-bond donors (Lipinski definition) is 3. The molecule has 0 saturated heterocycles. The van der Waals surface area contributed by atoms with Gasteiger partial charge in [0.05, 0.1) is 15.7 Å². The van der Waals surface area contributed by atoms with Gasteiger partial charge in [0.2, 0.25) is 0 Å². The van der Waals surface area contributed by atoms with Gasteiger partial charge < -0.3 is 5.43 Å². The molecule has 0 radical (unpaired) electrons. The lowest BCUT2D eigenvalue weighted by atomic mass is 10.3. The molecule has 0 aliphatic heterocycles. The highest BCUT2D eigenvalue weighted by Gasteiger charge is 2.19. The number of nitrogens with one attached hydrogen (secondary N) is 2. The highest BCUT2D eigenvalue weighted by molar-refractivity contribution is 7.92. The van der Waals surface area contributed by atoms with Gasteiger partial charge in [-0.1, -0.05) is 23.2 Å². The summed E-state index contributed by atoms with van der Waals surface area (Å²) >= 11 is 11.6. The highest BCUT2D eigenvalue weighted by atomic mass is 35.5. The van der Waals surface area contributed by atoms with Crippen molar-refractivity contribution >= 4 is 44.7 Å². The van der Waals surface area contributed by atoms with Crippen LogP contribution >= 0.6 is 23.2 Å². The van der Waals surface area contributed by atoms with Gasteiger partial charge in [-0.3, -0.25) is 4.72 Å². The van der Waals surface area contributed by atoms with Gasteiger partial charge in [0.1, 0.15) is 16.5 Å². The predicted octanol–water partition coefficient (Wildman–Crippen LogP) is 2.61. The standard InChI is InChI=1S/C11H9Cl2FN4O2S/c12-8-3-6(14)4-9(13)11(8)18-21(19,20)7-1-2-10(17-15)16-5-7/h1-5,18H,15H2,(H,16,17). The predicted molar refractivity (Wildman–Crippen MR) is 79.3 cm³/mol. The van der Waals surface area contributed by atoms with E-state index in [-0.39, 0.29) is 20.6 Å². The van der Waals surface area contributed by atoms with E-state index in [4.69, 9.17) is 29.0 Å². The fraction of sp³-hybridized carbons (Fsp3) is 0. The molecule has 6 nitrogen and oxygen atoms in total. The Morgan fingerprint density at radius 1 is 1.19 bits per heavy atom. The lowest BCUT2D eigenvalue weighted by Gasteiger charge is -2.11. The number of aromatic nitrogens is 1. The molecule has 0 unspecified atom stereocenters. The number of anilines is 2. The summed E-state index contributed by atoms with van der Waals surface area (Å²) in [5.41, 5.74) is 2.16. The number of nitrogens with two attached hydrogens (primary N) is 1. The maximum absolute atomic E-state index is 13.1. The van der Waals surface area contributed by atoms with Crippen molar-refractivity contribution in [3.05, 3.63) is 46.3 Å². The fourth-order valence-electron chi connectivity index (χ4n) is 1.46. The van der Waals surface area contributed by atoms with E-state index >= 15 is 0 Å². The van der Waals surface area contributed by atoms with Crippen molar-refractivity contribution in [2.24, 2.45) is 5.84 Å². The van der Waals surface area contributed by atoms with Crippen LogP contribution in [0.25, 0.3) is 0 Å². The molecule has 1 aromatic carbocycles. The summed E-state index contributed by atoms with van der Waals surface area (Å²) in [7, 11) is -3.97. The number of rotatable bonds is 4. The van der Waals surface area contributed by atoms with Gasteiger partial charge >= 0.3 is 0 Å². The van der Waals surface area contributed by atoms with Crippen LogP contribution in [0.5, 0.6) is 0 Å². The van der Waals surface area contributed by atoms with E-state index in [1.54, 1.807) is 0 Å². The van der Waals surface area contributed by atoms with E-state index in [9.17, 15) is 12.8 Å². The van der Waals surface area contributed by atoms with Gasteiger partial charge in [-0.15, -0.1) is 0 Å². The third kappa shape index (κ3) is 3.53. The van der Waals surface area contributed by atoms with Crippen molar-refractivity contribution in [3.8, 4) is 0 Å². The van der Waals surface area contributed by atoms with Crippen LogP contribution in [0.2, 0.25) is 10.0 Å². The minimum Gasteiger partial charge on any atom is -0.308 e. The molecule has 2 rings (SSSR count). The molecule has 0 saturated carbocycles. The Hall–Kier alpha value is -1.61. The summed E-state index contributed by atoms with van der Waals surface area (Å²) in [4.78, 5) is 3.66. The minimum absolute atomic E-state index is 0.110. The minimum atomic E-state index is -3.97. The van der Waals surface area contributed by atoms with Gasteiger partial charge in [0.15, 0.2) is 0 Å². The van der Waals surface area contributed by atoms with Crippen LogP contribution in [0.15, 0.2) is 35.4 Å². The zero-order chi connectivity index (χ0) is 15.6. The second-order valence-corrected chi connectivity index (χ2v) is 6.37. The summed E-state index contributed by atoms with van der Waals surface area (Å²) in [6, 6.07) is 4.56. The zero-order valence-electron chi connectivity index (χ0n) is 10.3. The molecule has 0 atom stereocenters. The van der Waals surface area contributed by atoms with Crippen molar-refractivity contribution in [3.63, 3.8) is 0 Å². The summed E-state index contributed by atoms with van der Waals surface area (Å²) in [5.74, 6) is 4.76. The molecule has 4 N–H and O–H groups in total. The second kappa shape index (κ2) is 6.02. The van der Waals surface area contributed by atoms with Crippen LogP contribution < -0.4 is 16.0 Å². The Morgan fingerprint density at radius 2 is 1.81 bits per heavy atom. The first-order valence-corrected chi connectivity index (χ1v) is 7.67. The number of sulfonamides is 1. The second-order valence-electron chi connectivity index (χ2n) is 3.87. The zero-order valence-corrected chi connectivity index (χ0v) is 12.6. The normalized spacial score (nSPS) is 11.2. The third-order valence-corrected chi connectivity index (χ3v) is 4.37. The lowest BCUT2D eigenvalue weighted by molar-refractivity contribution is 0.600. The number of benzene rings is 1. The Kier molecular flexibility index (Phi) is 4.52. The van der Waals surface area contributed by atoms with Crippen molar-refractivity contribution in [2.75, 3.05) is 10.1 Å². The number of hydrogen-bond acceptors (Lipinski definition) is 5. The molecule has 1 heterocycles. The first-order valence-electron chi connectivity index (χ1n) is 5.43. The molecule has 10 heteroatoms. The summed E-state index contributed by atoms with van der Waals surface area (Å²) < 4.78 is 39.6. The molecule has 21 heavy (non-hydrogen) atoms. The molecule has 2 aromatic rings. The number of hydrazine groups is 1. The summed E-state index contributed by atoms with van der Waals surface area (Å²) in [5, 5.41) is -0.312. The molecule has 1 aromatic heterocycles. The van der Waals surface area contributed by atoms with E-state index in [0.717, 1.165) is 18.3 Å². The molecule has 0 aliphatic rings. The average Bonchev–Trinajstić information content (AvgIpc) is 2.43. The topological polar surface area (TPSA) is 97.1 Å². The van der Waals surface area contributed by atoms with Crippen LogP contribution in [0, 0.1) is 5.82 Å². The molecule has 0 aliphatic carbocycles. The van der Waals surface area contributed by atoms with Gasteiger partial charge in [-0.25, -0.2) is 23.6 Å². The van der Waals surface area contributed by atoms with E-state index in [1.165, 1.54) is 12.1 Å². The largest absolute Gasteiger partial charge is 0.308 e. The number of pyridine rings is 1. The number of nitrogen functional groups attached to an aromatic ring is 1. The number of nitrogens with zero attached hydrogens (tertiary/aromatic N) is 1. The van der Waals surface area contributed by atoms with Crippen LogP contribution in [-0.2, 0) is 10.0 Å². The monoisotopic (exact) mass is 350 g/mol. The van der Waals surface area contributed by atoms with E-state index < -0.39 is 15.8 Å². The van der Waals surface area contributed by atoms with Crippen LogP contribution in [-0.4, -0.2) is 13.4 Å². The highest BCUT2D eigenvalue weighted by Crippen LogP contribution is 2.33. The molecule has 0 bridgehead atoms. The smallest absolute Gasteiger partial charge is 0.263 e. The molecular weight excluding hydrogens is 342 g/mol. The van der Waals surface area contributed by atoms with Crippen molar-refractivity contribution < 1.29 is 12.8 Å². The van der Waals surface area contributed by atoms with Crippen LogP contribution in [0.4, 0.5) is 15.9 Å². The van der Waals surface area contributed by atoms with Gasteiger partial charge in [0.25, 0.3) is 10.0 Å². The van der Waals surface area contributed by atoms with E-state index in [2.05, 4.69) is 15.1 Å². The molecule has 0 amide bonds. The fourth-order valence-corrected chi connectivity index (χ4v) is 3.17. The quantitative estimate of drug-likeness (QED) is 0.581. The lowest BCUT2D eigenvalue weighted by Crippen LogP contribution is -2.15. The van der Waals surface area contributed by atoms with Gasteiger partial charge in [-0.05, 0) is 24.3 Å². The van der Waals surface area contributed by atoms with Gasteiger partial charge in [-0.2, -0.15) is 0 Å². The van der Waals surface area contributed by atoms with Crippen LogP contribution in [0.3, 0.4) is 0 Å². The van der Waals surface area contributed by atoms with Crippen LogP contribution in [0.1, 0.15) is 0 Å². The van der Waals surface area contributed by atoms with E-state index in [0.29, 0.717) is 5.82 Å².